The second-order valence-corrected chi connectivity index (χ2v) is 37.9. The van der Waals surface area contributed by atoms with E-state index in [-0.39, 0.29) is 138 Å². The molecule has 2 heterocycles. The molecule has 1 aliphatic heterocycles. The highest BCUT2D eigenvalue weighted by molar-refractivity contribution is 7.98. The standard InChI is InChI=1S/C89H141N27O24S4/c1-43(2)67(112-76(129)57(29-35-144-9)105-79(132)61(41-141)110-72(125)54(19-13-31-98-88(93)94)103-73(126)56(28-34-143-8)106-84(137)70(46(7)117)115-71(124)51(90)38-66(122)123)82(135)101-40-64(119)102-53(18-12-30-97-87(91)92)74(127)113-68(44(3)4)83(136)109-59(36-47-22-24-49(118)25-23-47)77(130)107-58(20-14-32-99-89(95)96)85(138)116-33-15-21-63(116)81(134)111-62(42-142)80(133)108-60(37-48-39-100-52-17-11-10-16-50(48)52)78(131)104-55(26-27-65(120)121)75(128)114-69(45(5)6)86(139)140/h10-11,16-17,22-25,39,43-46,51,53-63,67-70,100,117-118,141-142H,12-15,18-21,26-38,40-42,90H2,1-9H3,(H,101,135)(H,102,119)(H,103,126)(H,104,131)(H,105,132)(H,106,137)(H,107,130)(H,108,133)(H,109,136)(H,110,125)(H,111,134)(H,112,129)(H,113,127)(H,114,128)(H,115,124)(H,120,121)(H,122,123)(H,139,140)(H4,91,92,97)(H4,93,94,98)(H4,95,96,99). The fourth-order valence-corrected chi connectivity index (χ4v) is 16.2. The van der Waals surface area contributed by atoms with E-state index in [1.165, 1.54) is 66.5 Å². The van der Waals surface area contributed by atoms with Gasteiger partial charge in [-0.05, 0) is 149 Å². The van der Waals surface area contributed by atoms with Crippen LogP contribution in [0.3, 0.4) is 0 Å². The number of thiol groups is 2. The number of aromatic nitrogens is 1. The maximum absolute atomic E-state index is 15.2. The third-order valence-corrected chi connectivity index (χ3v) is 24.7. The number of para-hydroxylation sites is 1. The zero-order valence-electron chi connectivity index (χ0n) is 81.7. The lowest BCUT2D eigenvalue weighted by Gasteiger charge is -2.31. The van der Waals surface area contributed by atoms with E-state index in [0.717, 1.165) is 6.92 Å². The number of aliphatic hydroxyl groups is 1. The maximum atomic E-state index is 15.2. The number of aliphatic carboxylic acids is 3. The molecular weight excluding hydrogens is 1960 g/mol. The number of aromatic amines is 1. The Balaban J connectivity index is 1.59. The van der Waals surface area contributed by atoms with Crippen molar-refractivity contribution < 1.29 is 117 Å². The number of fused-ring (bicyclic) bond motifs is 1. The fourth-order valence-electron chi connectivity index (χ4n) is 14.8. The minimum Gasteiger partial charge on any atom is -0.508 e. The first kappa shape index (κ1) is 123. The summed E-state index contributed by atoms with van der Waals surface area (Å²) in [5.74, 6) is -23.2. The number of hydrogen-bond donors (Lipinski definition) is 30. The number of hydrogen-bond acceptors (Lipinski definition) is 29. The monoisotopic (exact) mass is 2100 g/mol. The molecular formula is C89H141N27O24S4. The third kappa shape index (κ3) is 42.8. The molecule has 0 saturated carbocycles. The lowest BCUT2D eigenvalue weighted by atomic mass is 9.99. The van der Waals surface area contributed by atoms with Crippen molar-refractivity contribution in [3.63, 3.8) is 0 Å². The topological polar surface area (TPSA) is 844 Å². The number of phenols is 1. The van der Waals surface area contributed by atoms with E-state index in [1.807, 2.05) is 0 Å². The number of carboxylic acids is 3. The summed E-state index contributed by atoms with van der Waals surface area (Å²) in [5, 5.41) is 88.3. The van der Waals surface area contributed by atoms with Gasteiger partial charge < -0.3 is 155 Å². The fraction of sp³-hybridized carbons (Fsp3) is 0.596. The number of benzene rings is 2. The van der Waals surface area contributed by atoms with Gasteiger partial charge in [0.25, 0.3) is 0 Å². The van der Waals surface area contributed by atoms with Crippen LogP contribution >= 0.6 is 48.8 Å². The summed E-state index contributed by atoms with van der Waals surface area (Å²) in [5.41, 5.74) is 40.8. The van der Waals surface area contributed by atoms with Gasteiger partial charge in [0, 0.05) is 74.0 Å². The lowest BCUT2D eigenvalue weighted by molar-refractivity contribution is -0.144. The van der Waals surface area contributed by atoms with Crippen molar-refractivity contribution in [3.05, 3.63) is 65.9 Å². The summed E-state index contributed by atoms with van der Waals surface area (Å²) in [4.78, 5) is 281. The molecule has 4 rings (SSSR count). The minimum absolute atomic E-state index is 0.0115. The Hall–Kier alpha value is -13.2. The van der Waals surface area contributed by atoms with Crippen molar-refractivity contribution in [2.45, 2.75) is 248 Å². The first-order valence-electron chi connectivity index (χ1n) is 46.6. The average Bonchev–Trinajstić information content (AvgIpc) is 1.66. The smallest absolute Gasteiger partial charge is 0.326 e. The van der Waals surface area contributed by atoms with Gasteiger partial charge in [-0.25, -0.2) is 4.79 Å². The molecule has 0 bridgehead atoms. The zero-order chi connectivity index (χ0) is 108. The van der Waals surface area contributed by atoms with Gasteiger partial charge in [-0.2, -0.15) is 48.8 Å². The highest BCUT2D eigenvalue weighted by atomic mass is 32.2. The van der Waals surface area contributed by atoms with Crippen LogP contribution in [0.4, 0.5) is 0 Å². The summed E-state index contributed by atoms with van der Waals surface area (Å²) in [7, 11) is 0. The third-order valence-electron chi connectivity index (χ3n) is 22.7. The first-order chi connectivity index (χ1) is 67.9. The number of thioether (sulfide) groups is 2. The van der Waals surface area contributed by atoms with Gasteiger partial charge in [0.05, 0.1) is 25.1 Å². The van der Waals surface area contributed by atoms with E-state index < -0.39 is 270 Å². The molecule has 144 heavy (non-hydrogen) atoms. The Morgan fingerprint density at radius 2 is 0.847 bits per heavy atom. The number of aliphatic imine (C=N–C) groups is 3. The largest absolute Gasteiger partial charge is 0.508 e. The van der Waals surface area contributed by atoms with E-state index in [0.29, 0.717) is 22.0 Å². The van der Waals surface area contributed by atoms with Crippen LogP contribution in [-0.4, -0.2) is 337 Å². The molecule has 35 N–H and O–H groups in total. The molecule has 51 nitrogen and oxygen atoms in total. The van der Waals surface area contributed by atoms with Crippen LogP contribution in [0.5, 0.6) is 5.75 Å². The van der Waals surface area contributed by atoms with Gasteiger partial charge in [-0.3, -0.25) is 101 Å². The van der Waals surface area contributed by atoms with Crippen molar-refractivity contribution in [1.29, 1.82) is 0 Å². The van der Waals surface area contributed by atoms with E-state index in [2.05, 4.69) is 125 Å². The molecule has 1 saturated heterocycles. The van der Waals surface area contributed by atoms with Gasteiger partial charge in [0.2, 0.25) is 94.5 Å². The first-order valence-corrected chi connectivity index (χ1v) is 50.6. The highest BCUT2D eigenvalue weighted by Gasteiger charge is 2.43. The summed E-state index contributed by atoms with van der Waals surface area (Å²) in [6, 6.07) is -11.9. The number of nitrogens with two attached hydrogens (primary N) is 7. The Kier molecular flexibility index (Phi) is 53.9. The van der Waals surface area contributed by atoms with Gasteiger partial charge in [0.1, 0.15) is 96.4 Å². The van der Waals surface area contributed by atoms with E-state index >= 15 is 9.59 Å². The maximum Gasteiger partial charge on any atom is 0.326 e. The Bertz CT molecular complexity index is 4960. The molecule has 17 unspecified atom stereocenters. The van der Waals surface area contributed by atoms with Gasteiger partial charge in [0.15, 0.2) is 17.9 Å². The van der Waals surface area contributed by atoms with Crippen LogP contribution in [0.1, 0.15) is 143 Å². The van der Waals surface area contributed by atoms with E-state index in [1.54, 1.807) is 70.7 Å². The predicted octanol–water partition coefficient (Wildman–Crippen LogP) is -6.82. The second kappa shape index (κ2) is 63.1. The summed E-state index contributed by atoms with van der Waals surface area (Å²) in [6.07, 6.45) is 0.436. The van der Waals surface area contributed by atoms with E-state index in [9.17, 15) is 102 Å². The molecule has 17 atom stereocenters. The van der Waals surface area contributed by atoms with Crippen molar-refractivity contribution >= 4 is 190 Å². The summed E-state index contributed by atoms with van der Waals surface area (Å²) >= 11 is 11.3. The van der Waals surface area contributed by atoms with Crippen molar-refractivity contribution in [1.82, 2.24) is 89.6 Å². The Labute approximate surface area is 851 Å². The second-order valence-electron chi connectivity index (χ2n) is 35.2. The molecule has 0 radical (unpaired) electrons. The Morgan fingerprint density at radius 3 is 1.32 bits per heavy atom. The van der Waals surface area contributed by atoms with Crippen LogP contribution in [-0.2, 0) is 104 Å². The van der Waals surface area contributed by atoms with Crippen molar-refractivity contribution in [2.24, 2.45) is 72.9 Å². The van der Waals surface area contributed by atoms with Gasteiger partial charge in [-0.1, -0.05) is 71.9 Å². The number of amides is 16. The van der Waals surface area contributed by atoms with Crippen molar-refractivity contribution in [2.75, 3.05) is 68.2 Å². The number of nitrogens with one attached hydrogen (secondary N) is 16. The lowest BCUT2D eigenvalue weighted by Crippen LogP contribution is -2.61. The van der Waals surface area contributed by atoms with Crippen LogP contribution in [0.2, 0.25) is 0 Å². The normalized spacial score (nSPS) is 15.6. The number of guanidine groups is 3. The number of aliphatic hydroxyl groups excluding tert-OH is 1. The molecule has 800 valence electrons. The number of aromatic hydroxyl groups is 1. The summed E-state index contributed by atoms with van der Waals surface area (Å²) < 4.78 is 0. The predicted molar refractivity (Wildman–Crippen MR) is 543 cm³/mol. The van der Waals surface area contributed by atoms with E-state index in [4.69, 9.17) is 45.2 Å². The Morgan fingerprint density at radius 1 is 0.451 bits per heavy atom. The molecule has 16 amide bonds. The number of H-pyrrole nitrogens is 1. The van der Waals surface area contributed by atoms with Gasteiger partial charge in [-0.15, -0.1) is 0 Å². The zero-order valence-corrected chi connectivity index (χ0v) is 85.2. The SMILES string of the molecule is CSCCC(NC(=O)C(CS)NC(=O)C(CCCN=C(N)N)NC(=O)C(CCSC)NC(=O)C(NC(=O)C(N)CC(=O)O)C(C)O)C(=O)NC(C(=O)NCC(=O)NC(CCCN=C(N)N)C(=O)NC(C(=O)NC(Cc1ccc(O)cc1)C(=O)NC(CCCN=C(N)N)C(=O)N1CCCC1C(=O)NC(CS)C(=O)NC(Cc1c[nH]c2ccccc12)C(=O)NC(CCC(=O)O)C(=O)NC(C(=O)O)C(C)C)C(C)C)C(C)C. The average molecular weight is 2100 g/mol. The van der Waals surface area contributed by atoms with Crippen LogP contribution in [0, 0.1) is 17.8 Å². The molecule has 1 aliphatic rings. The number of nitrogens with zero attached hydrogens (tertiary/aromatic N) is 4. The molecule has 0 spiro atoms. The molecule has 0 aliphatic carbocycles. The van der Waals surface area contributed by atoms with Crippen molar-refractivity contribution in [3.8, 4) is 5.75 Å². The molecule has 3 aromatic rings. The van der Waals surface area contributed by atoms with Crippen LogP contribution < -0.4 is 120 Å². The van der Waals surface area contributed by atoms with Crippen LogP contribution in [0.15, 0.2) is 69.7 Å². The van der Waals surface area contributed by atoms with Crippen LogP contribution in [0.25, 0.3) is 10.9 Å². The molecule has 1 fully saturated rings. The van der Waals surface area contributed by atoms with Gasteiger partial charge >= 0.3 is 17.9 Å². The number of likely N-dealkylation sites (tertiary alicyclic amines) is 1. The number of carbonyl (C=O) groups excluding carboxylic acids is 16. The summed E-state index contributed by atoms with van der Waals surface area (Å²) in [6.45, 7) is 9.29. The molecule has 2 aromatic carbocycles. The number of carboxylic acid groups (broad SMARTS) is 3. The number of carbonyl (C=O) groups is 19. The highest BCUT2D eigenvalue weighted by Crippen LogP contribution is 2.24. The number of phenolic OH excluding ortho intramolecular Hbond substituents is 1. The molecule has 1 aromatic heterocycles. The molecule has 55 heteroatoms. The number of rotatable bonds is 65. The minimum atomic E-state index is -1.74. The quantitative estimate of drug-likeness (QED) is 0.0108.